The minimum absolute atomic E-state index is 0. The molecule has 1 saturated heterocycles. The summed E-state index contributed by atoms with van der Waals surface area (Å²) in [6.07, 6.45) is 2.92. The van der Waals surface area contributed by atoms with Crippen molar-refractivity contribution in [2.75, 3.05) is 31.6 Å². The second kappa shape index (κ2) is 11.4. The lowest BCUT2D eigenvalue weighted by Gasteiger charge is -2.20. The summed E-state index contributed by atoms with van der Waals surface area (Å²) in [4.78, 5) is 22.3. The number of halogens is 2. The lowest BCUT2D eigenvalue weighted by Crippen LogP contribution is -2.45. The Balaban J connectivity index is 0.00000338. The third-order valence-corrected chi connectivity index (χ3v) is 4.08. The number of esters is 1. The molecule has 1 aliphatic rings. The van der Waals surface area contributed by atoms with Crippen LogP contribution in [0.2, 0.25) is 5.02 Å². The van der Waals surface area contributed by atoms with Gasteiger partial charge >= 0.3 is 5.97 Å². The van der Waals surface area contributed by atoms with Crippen LogP contribution in [0.5, 0.6) is 0 Å². The summed E-state index contributed by atoms with van der Waals surface area (Å²) in [5.74, 6) is 1.28. The number of pyridine rings is 1. The number of ether oxygens (including phenoxy) is 1. The molecule has 1 fully saturated rings. The van der Waals surface area contributed by atoms with Crippen molar-refractivity contribution in [1.82, 2.24) is 15.6 Å². The van der Waals surface area contributed by atoms with Gasteiger partial charge in [-0.3, -0.25) is 9.79 Å². The van der Waals surface area contributed by atoms with Crippen LogP contribution in [0.25, 0.3) is 0 Å². The number of carbonyl (C=O) groups excluding carboxylic acids is 1. The van der Waals surface area contributed by atoms with Crippen LogP contribution in [0.1, 0.15) is 26.7 Å². The summed E-state index contributed by atoms with van der Waals surface area (Å²) in [5.41, 5.74) is 0. The van der Waals surface area contributed by atoms with Gasteiger partial charge in [-0.2, -0.15) is 0 Å². The third-order valence-electron chi connectivity index (χ3n) is 3.78. The zero-order valence-electron chi connectivity index (χ0n) is 15.4. The van der Waals surface area contributed by atoms with E-state index in [2.05, 4.69) is 25.5 Å². The number of hydrogen-bond donors (Lipinski definition) is 2. The summed E-state index contributed by atoms with van der Waals surface area (Å²) >= 11 is 6.21. The Kier molecular flexibility index (Phi) is 10.0. The number of aliphatic imine (C=N–C) groups is 1. The van der Waals surface area contributed by atoms with Gasteiger partial charge in [0.25, 0.3) is 0 Å². The van der Waals surface area contributed by atoms with E-state index in [-0.39, 0.29) is 42.1 Å². The molecule has 7 nitrogen and oxygen atoms in total. The number of carbonyl (C=O) groups is 1. The predicted octanol–water partition coefficient (Wildman–Crippen LogP) is 2.44. The van der Waals surface area contributed by atoms with E-state index < -0.39 is 0 Å². The summed E-state index contributed by atoms with van der Waals surface area (Å²) in [7, 11) is 1.71. The lowest BCUT2D eigenvalue weighted by atomic mass is 10.3. The molecule has 0 saturated carbocycles. The van der Waals surface area contributed by atoms with Crippen LogP contribution >= 0.6 is 35.6 Å². The van der Waals surface area contributed by atoms with Crippen molar-refractivity contribution in [2.45, 2.75) is 38.8 Å². The first-order valence-corrected chi connectivity index (χ1v) is 8.89. The summed E-state index contributed by atoms with van der Waals surface area (Å²) in [6.45, 7) is 5.84. The fourth-order valence-corrected chi connectivity index (χ4v) is 2.91. The maximum absolute atomic E-state index is 11.6. The molecule has 1 unspecified atom stereocenters. The van der Waals surface area contributed by atoms with E-state index in [0.29, 0.717) is 23.9 Å². The molecule has 1 aromatic heterocycles. The van der Waals surface area contributed by atoms with Gasteiger partial charge in [-0.25, -0.2) is 4.98 Å². The molecule has 0 amide bonds. The molecule has 2 rings (SSSR count). The van der Waals surface area contributed by atoms with Gasteiger partial charge in [-0.1, -0.05) is 11.6 Å². The maximum atomic E-state index is 11.6. The zero-order valence-corrected chi connectivity index (χ0v) is 18.5. The van der Waals surface area contributed by atoms with E-state index in [4.69, 9.17) is 16.3 Å². The number of anilines is 1. The minimum atomic E-state index is -0.213. The van der Waals surface area contributed by atoms with Crippen LogP contribution in [0.15, 0.2) is 23.3 Å². The molecule has 0 aliphatic carbocycles. The van der Waals surface area contributed by atoms with Crippen LogP contribution < -0.4 is 15.5 Å². The minimum Gasteiger partial charge on any atom is -0.463 e. The van der Waals surface area contributed by atoms with Gasteiger partial charge in [0.15, 0.2) is 5.96 Å². The Hall–Kier alpha value is -1.29. The van der Waals surface area contributed by atoms with Gasteiger partial charge in [0, 0.05) is 38.9 Å². The number of rotatable bonds is 6. The van der Waals surface area contributed by atoms with Gasteiger partial charge in [0.2, 0.25) is 0 Å². The van der Waals surface area contributed by atoms with E-state index in [0.717, 1.165) is 25.3 Å². The predicted molar refractivity (Wildman–Crippen MR) is 116 cm³/mol. The zero-order chi connectivity index (χ0) is 18.2. The van der Waals surface area contributed by atoms with Crippen molar-refractivity contribution < 1.29 is 9.53 Å². The van der Waals surface area contributed by atoms with E-state index in [1.54, 1.807) is 13.2 Å². The third kappa shape index (κ3) is 7.14. The van der Waals surface area contributed by atoms with Gasteiger partial charge in [-0.05, 0) is 32.4 Å². The molecule has 146 valence electrons. The van der Waals surface area contributed by atoms with Crippen LogP contribution in [0.4, 0.5) is 5.82 Å². The SMILES string of the molecule is CN=C(NCCC(=O)OC(C)C)NC1CCN(c2ncccc2Cl)C1.I. The summed E-state index contributed by atoms with van der Waals surface area (Å²) in [6, 6.07) is 3.92. The maximum Gasteiger partial charge on any atom is 0.307 e. The van der Waals surface area contributed by atoms with Crippen LogP contribution in [0.3, 0.4) is 0 Å². The lowest BCUT2D eigenvalue weighted by molar-refractivity contribution is -0.147. The highest BCUT2D eigenvalue weighted by Gasteiger charge is 2.25. The first-order chi connectivity index (χ1) is 12.0. The van der Waals surface area contributed by atoms with Crippen LogP contribution in [0, 0.1) is 0 Å². The van der Waals surface area contributed by atoms with E-state index in [1.165, 1.54) is 0 Å². The molecule has 9 heteroatoms. The van der Waals surface area contributed by atoms with Crippen molar-refractivity contribution in [2.24, 2.45) is 4.99 Å². The summed E-state index contributed by atoms with van der Waals surface area (Å²) in [5, 5.41) is 7.18. The molecule has 1 atom stereocenters. The number of hydrogen-bond acceptors (Lipinski definition) is 5. The van der Waals surface area contributed by atoms with Crippen molar-refractivity contribution in [3.63, 3.8) is 0 Å². The molecule has 26 heavy (non-hydrogen) atoms. The monoisotopic (exact) mass is 495 g/mol. The quantitative estimate of drug-likeness (QED) is 0.273. The Morgan fingerprint density at radius 2 is 2.31 bits per heavy atom. The highest BCUT2D eigenvalue weighted by atomic mass is 127. The highest BCUT2D eigenvalue weighted by Crippen LogP contribution is 2.25. The molecule has 1 aliphatic heterocycles. The standard InChI is InChI=1S/C17H26ClN5O2.HI/c1-12(2)25-15(24)6-9-21-17(19-3)22-13-7-10-23(11-13)16-14(18)5-4-8-20-16;/h4-5,8,12-13H,6-7,9-11H2,1-3H3,(H2,19,21,22);1H. The fourth-order valence-electron chi connectivity index (χ4n) is 2.67. The molecule has 2 N–H and O–H groups in total. The van der Waals surface area contributed by atoms with Crippen LogP contribution in [-0.4, -0.2) is 55.7 Å². The second-order valence-corrected chi connectivity index (χ2v) is 6.58. The molecule has 0 aromatic carbocycles. The highest BCUT2D eigenvalue weighted by molar-refractivity contribution is 14.0. The largest absolute Gasteiger partial charge is 0.463 e. The molecular weight excluding hydrogens is 469 g/mol. The van der Waals surface area contributed by atoms with E-state index in [1.807, 2.05) is 26.0 Å². The molecule has 0 radical (unpaired) electrons. The summed E-state index contributed by atoms with van der Waals surface area (Å²) < 4.78 is 5.11. The first kappa shape index (κ1) is 22.8. The number of nitrogens with zero attached hydrogens (tertiary/aromatic N) is 3. The second-order valence-electron chi connectivity index (χ2n) is 6.17. The number of nitrogens with one attached hydrogen (secondary N) is 2. The molecule has 1 aromatic rings. The topological polar surface area (TPSA) is 78.8 Å². The normalized spacial score (nSPS) is 17.0. The van der Waals surface area contributed by atoms with Crippen molar-refractivity contribution in [3.8, 4) is 0 Å². The molecule has 2 heterocycles. The number of aromatic nitrogens is 1. The van der Waals surface area contributed by atoms with Crippen LogP contribution in [-0.2, 0) is 9.53 Å². The Labute approximate surface area is 177 Å². The van der Waals surface area contributed by atoms with Gasteiger partial charge in [0.05, 0.1) is 17.5 Å². The van der Waals surface area contributed by atoms with Crippen molar-refractivity contribution >= 4 is 53.3 Å². The Morgan fingerprint density at radius 3 is 2.96 bits per heavy atom. The average molecular weight is 496 g/mol. The Morgan fingerprint density at radius 1 is 1.54 bits per heavy atom. The molecular formula is C17H27ClIN5O2. The van der Waals surface area contributed by atoms with Crippen molar-refractivity contribution in [1.29, 1.82) is 0 Å². The average Bonchev–Trinajstić information content (AvgIpc) is 3.02. The molecule has 0 spiro atoms. The van der Waals surface area contributed by atoms with Gasteiger partial charge in [-0.15, -0.1) is 24.0 Å². The van der Waals surface area contributed by atoms with E-state index >= 15 is 0 Å². The van der Waals surface area contributed by atoms with Gasteiger partial charge < -0.3 is 20.3 Å². The first-order valence-electron chi connectivity index (χ1n) is 8.51. The van der Waals surface area contributed by atoms with E-state index in [9.17, 15) is 4.79 Å². The van der Waals surface area contributed by atoms with Gasteiger partial charge in [0.1, 0.15) is 5.82 Å². The number of guanidine groups is 1. The van der Waals surface area contributed by atoms with Crippen molar-refractivity contribution in [3.05, 3.63) is 23.4 Å². The Bertz CT molecular complexity index is 615. The fraction of sp³-hybridized carbons (Fsp3) is 0.588. The molecule has 0 bridgehead atoms. The smallest absolute Gasteiger partial charge is 0.307 e.